The summed E-state index contributed by atoms with van der Waals surface area (Å²) in [4.78, 5) is 17.7. The van der Waals surface area contributed by atoms with E-state index in [1.807, 2.05) is 24.4 Å². The van der Waals surface area contributed by atoms with Crippen molar-refractivity contribution in [1.82, 2.24) is 9.55 Å². The predicted molar refractivity (Wildman–Crippen MR) is 140 cm³/mol. The molecule has 0 bridgehead atoms. The molecule has 1 atom stereocenters. The van der Waals surface area contributed by atoms with Gasteiger partial charge in [0.15, 0.2) is 12.1 Å². The summed E-state index contributed by atoms with van der Waals surface area (Å²) in [6, 6.07) is 31.2. The van der Waals surface area contributed by atoms with Gasteiger partial charge < -0.3 is 14.0 Å². The van der Waals surface area contributed by atoms with Crippen LogP contribution in [0.3, 0.4) is 0 Å². The van der Waals surface area contributed by atoms with Crippen LogP contribution in [0, 0.1) is 0 Å². The molecule has 0 aliphatic carbocycles. The molecule has 1 aromatic heterocycles. The minimum absolute atomic E-state index is 0.0185. The van der Waals surface area contributed by atoms with Crippen molar-refractivity contribution in [2.75, 3.05) is 13.2 Å². The van der Waals surface area contributed by atoms with Crippen molar-refractivity contribution in [2.45, 2.75) is 43.9 Å². The minimum Gasteiger partial charge on any atom is -0.353 e. The van der Waals surface area contributed by atoms with Crippen molar-refractivity contribution in [3.8, 4) is 0 Å². The average molecular weight is 481 g/mol. The van der Waals surface area contributed by atoms with Crippen molar-refractivity contribution in [3.63, 3.8) is 0 Å². The molecule has 3 aromatic carbocycles. The lowest BCUT2D eigenvalue weighted by atomic mass is 9.77. The number of hydrogen-bond donors (Lipinski definition) is 0. The lowest BCUT2D eigenvalue weighted by Crippen LogP contribution is -2.37. The number of benzene rings is 3. The van der Waals surface area contributed by atoms with Gasteiger partial charge in [0.1, 0.15) is 11.2 Å². The number of carbonyl (C=O) groups is 1. The summed E-state index contributed by atoms with van der Waals surface area (Å²) >= 11 is 0. The van der Waals surface area contributed by atoms with E-state index in [-0.39, 0.29) is 12.1 Å². The number of aromatic nitrogens is 2. The molecule has 0 radical (unpaired) electrons. The SMILES string of the molecule is O=C(CCCOC1CCCCO1)c1cn(C(c2ccccc2)(c2ccccc2)c2ccccc2)cn1. The maximum atomic E-state index is 13.1. The van der Waals surface area contributed by atoms with E-state index in [0.29, 0.717) is 25.1 Å². The van der Waals surface area contributed by atoms with E-state index >= 15 is 0 Å². The molecule has 1 unspecified atom stereocenters. The van der Waals surface area contributed by atoms with Crippen LogP contribution in [0.2, 0.25) is 0 Å². The van der Waals surface area contributed by atoms with Gasteiger partial charge in [-0.05, 0) is 42.4 Å². The highest BCUT2D eigenvalue weighted by atomic mass is 16.7. The molecule has 1 saturated heterocycles. The van der Waals surface area contributed by atoms with Gasteiger partial charge >= 0.3 is 0 Å². The first kappa shape index (κ1) is 24.2. The Hall–Kier alpha value is -3.54. The number of Topliss-reactive ketones (excluding diaryl/α,β-unsaturated/α-hetero) is 1. The second kappa shape index (κ2) is 11.5. The van der Waals surface area contributed by atoms with Crippen molar-refractivity contribution < 1.29 is 14.3 Å². The Kier molecular flexibility index (Phi) is 7.70. The van der Waals surface area contributed by atoms with Gasteiger partial charge in [0, 0.05) is 19.2 Å². The number of imidazole rings is 1. The summed E-state index contributed by atoms with van der Waals surface area (Å²) in [7, 11) is 0. The number of hydrogen-bond acceptors (Lipinski definition) is 4. The Labute approximate surface area is 212 Å². The molecule has 0 spiro atoms. The molecule has 5 heteroatoms. The van der Waals surface area contributed by atoms with Crippen LogP contribution in [0.5, 0.6) is 0 Å². The van der Waals surface area contributed by atoms with E-state index in [9.17, 15) is 4.79 Å². The molecule has 5 rings (SSSR count). The first-order valence-corrected chi connectivity index (χ1v) is 12.8. The summed E-state index contributed by atoms with van der Waals surface area (Å²) in [5, 5.41) is 0. The fraction of sp³-hybridized carbons (Fsp3) is 0.290. The molecule has 36 heavy (non-hydrogen) atoms. The lowest BCUT2D eigenvalue weighted by Gasteiger charge is -2.37. The first-order chi connectivity index (χ1) is 17.8. The Balaban J connectivity index is 1.44. The third kappa shape index (κ3) is 5.03. The highest BCUT2D eigenvalue weighted by molar-refractivity contribution is 5.94. The van der Waals surface area contributed by atoms with Crippen LogP contribution < -0.4 is 0 Å². The molecule has 1 aliphatic heterocycles. The fourth-order valence-corrected chi connectivity index (χ4v) is 5.05. The third-order valence-electron chi connectivity index (χ3n) is 6.82. The van der Waals surface area contributed by atoms with Gasteiger partial charge in [0.25, 0.3) is 0 Å². The number of nitrogens with zero attached hydrogens (tertiary/aromatic N) is 2. The van der Waals surface area contributed by atoms with E-state index in [0.717, 1.165) is 42.6 Å². The van der Waals surface area contributed by atoms with Gasteiger partial charge in [-0.1, -0.05) is 91.0 Å². The van der Waals surface area contributed by atoms with Crippen LogP contribution in [-0.2, 0) is 15.0 Å². The maximum absolute atomic E-state index is 13.1. The quantitative estimate of drug-likeness (QED) is 0.153. The van der Waals surface area contributed by atoms with Crippen molar-refractivity contribution in [2.24, 2.45) is 0 Å². The second-order valence-corrected chi connectivity index (χ2v) is 9.17. The van der Waals surface area contributed by atoms with Gasteiger partial charge in [-0.25, -0.2) is 4.98 Å². The molecule has 2 heterocycles. The molecule has 0 amide bonds. The molecule has 0 saturated carbocycles. The smallest absolute Gasteiger partial charge is 0.182 e. The zero-order chi connectivity index (χ0) is 24.6. The van der Waals surface area contributed by atoms with E-state index < -0.39 is 5.54 Å². The molecule has 184 valence electrons. The van der Waals surface area contributed by atoms with Crippen molar-refractivity contribution >= 4 is 5.78 Å². The zero-order valence-electron chi connectivity index (χ0n) is 20.5. The monoisotopic (exact) mass is 480 g/mol. The number of ether oxygens (including phenoxy) is 2. The minimum atomic E-state index is -0.670. The van der Waals surface area contributed by atoms with Crippen LogP contribution in [0.15, 0.2) is 104 Å². The summed E-state index contributed by atoms with van der Waals surface area (Å²) in [6.07, 6.45) is 7.73. The van der Waals surface area contributed by atoms with Crippen molar-refractivity contribution in [1.29, 1.82) is 0 Å². The van der Waals surface area contributed by atoms with E-state index in [2.05, 4.69) is 82.3 Å². The van der Waals surface area contributed by atoms with Gasteiger partial charge in [0.2, 0.25) is 0 Å². The number of rotatable bonds is 10. The number of carbonyl (C=O) groups excluding carboxylic acids is 1. The van der Waals surface area contributed by atoms with Crippen molar-refractivity contribution in [3.05, 3.63) is 126 Å². The maximum Gasteiger partial charge on any atom is 0.182 e. The van der Waals surface area contributed by atoms with Gasteiger partial charge in [-0.3, -0.25) is 4.79 Å². The Morgan fingerprint density at radius 3 is 2.00 bits per heavy atom. The highest BCUT2D eigenvalue weighted by Gasteiger charge is 2.38. The first-order valence-electron chi connectivity index (χ1n) is 12.8. The molecule has 5 nitrogen and oxygen atoms in total. The predicted octanol–water partition coefficient (Wildman–Crippen LogP) is 6.23. The zero-order valence-corrected chi connectivity index (χ0v) is 20.5. The molecule has 1 fully saturated rings. The highest BCUT2D eigenvalue weighted by Crippen LogP contribution is 2.40. The molecule has 4 aromatic rings. The van der Waals surface area contributed by atoms with Crippen LogP contribution in [0.1, 0.15) is 59.3 Å². The average Bonchev–Trinajstić information content (AvgIpc) is 3.45. The molecule has 1 aliphatic rings. The van der Waals surface area contributed by atoms with E-state index in [1.54, 1.807) is 6.33 Å². The summed E-state index contributed by atoms with van der Waals surface area (Å²) in [5.41, 5.74) is 3.09. The molecular formula is C31H32N2O3. The van der Waals surface area contributed by atoms with Gasteiger partial charge in [0.05, 0.1) is 12.9 Å². The van der Waals surface area contributed by atoms with Crippen LogP contribution in [0.4, 0.5) is 0 Å². The largest absolute Gasteiger partial charge is 0.353 e. The van der Waals surface area contributed by atoms with Gasteiger partial charge in [-0.2, -0.15) is 0 Å². The topological polar surface area (TPSA) is 53.4 Å². The Morgan fingerprint density at radius 1 is 0.889 bits per heavy atom. The normalized spacial score (nSPS) is 16.1. The van der Waals surface area contributed by atoms with Crippen LogP contribution in [-0.4, -0.2) is 34.8 Å². The summed E-state index contributed by atoms with van der Waals surface area (Å²) in [5.74, 6) is 0.0185. The second-order valence-electron chi connectivity index (χ2n) is 9.17. The number of ketones is 1. The van der Waals surface area contributed by atoms with E-state index in [4.69, 9.17) is 9.47 Å². The molecular weight excluding hydrogens is 448 g/mol. The Bertz CT molecular complexity index is 1140. The lowest BCUT2D eigenvalue weighted by molar-refractivity contribution is -0.162. The fourth-order valence-electron chi connectivity index (χ4n) is 5.05. The van der Waals surface area contributed by atoms with E-state index in [1.165, 1.54) is 0 Å². The van der Waals surface area contributed by atoms with Crippen LogP contribution in [0.25, 0.3) is 0 Å². The Morgan fingerprint density at radius 2 is 1.47 bits per heavy atom. The standard InChI is InChI=1S/C31H32N2O3/c34-29(19-12-22-36-30-20-10-11-21-35-30)28-23-33(24-32-28)31(25-13-4-1-5-14-25,26-15-6-2-7-16-26)27-17-8-3-9-18-27/h1-9,13-18,23-24,30H,10-12,19-22H2. The summed E-state index contributed by atoms with van der Waals surface area (Å²) in [6.45, 7) is 1.27. The van der Waals surface area contributed by atoms with Crippen LogP contribution >= 0.6 is 0 Å². The van der Waals surface area contributed by atoms with Gasteiger partial charge in [-0.15, -0.1) is 0 Å². The third-order valence-corrected chi connectivity index (χ3v) is 6.82. The summed E-state index contributed by atoms with van der Waals surface area (Å²) < 4.78 is 13.5. The molecule has 0 N–H and O–H groups in total.